The van der Waals surface area contributed by atoms with E-state index in [0.29, 0.717) is 5.69 Å². The van der Waals surface area contributed by atoms with Crippen LogP contribution >= 0.6 is 0 Å². The highest BCUT2D eigenvalue weighted by Crippen LogP contribution is 2.19. The Kier molecular flexibility index (Phi) is 5.07. The number of aromatic nitrogens is 1. The lowest BCUT2D eigenvalue weighted by molar-refractivity contribution is 0.152. The summed E-state index contributed by atoms with van der Waals surface area (Å²) in [6, 6.07) is 1.69. The number of nitrogens with two attached hydrogens (primary N) is 1. The Labute approximate surface area is 92.7 Å². The van der Waals surface area contributed by atoms with Gasteiger partial charge in [0.25, 0.3) is 6.43 Å². The first-order valence-electron chi connectivity index (χ1n) is 4.96. The molecule has 0 aliphatic heterocycles. The minimum absolute atomic E-state index is 0.142. The third-order valence-electron chi connectivity index (χ3n) is 2.18. The molecule has 0 radical (unpaired) electrons. The van der Waals surface area contributed by atoms with Crippen LogP contribution in [-0.4, -0.2) is 36.2 Å². The van der Waals surface area contributed by atoms with Gasteiger partial charge >= 0.3 is 0 Å². The molecule has 0 saturated carbocycles. The van der Waals surface area contributed by atoms with E-state index >= 15 is 0 Å². The number of hydrogen-bond donors (Lipinski definition) is 2. The van der Waals surface area contributed by atoms with Crippen molar-refractivity contribution in [2.75, 3.05) is 24.6 Å². The normalized spacial score (nSPS) is 10.8. The van der Waals surface area contributed by atoms with E-state index in [1.807, 2.05) is 0 Å². The van der Waals surface area contributed by atoms with Crippen molar-refractivity contribution < 1.29 is 13.9 Å². The molecule has 16 heavy (non-hydrogen) atoms. The molecule has 0 unspecified atom stereocenters. The lowest BCUT2D eigenvalue weighted by Crippen LogP contribution is -2.32. The van der Waals surface area contributed by atoms with Crippen molar-refractivity contribution >= 4 is 5.69 Å². The maximum Gasteiger partial charge on any atom is 0.255 e. The molecule has 90 valence electrons. The topological polar surface area (TPSA) is 62.4 Å². The summed E-state index contributed by atoms with van der Waals surface area (Å²) in [4.78, 5) is 5.27. The largest absolute Gasteiger partial charge is 0.395 e. The number of anilines is 1. The van der Waals surface area contributed by atoms with Gasteiger partial charge in [-0.2, -0.15) is 0 Å². The number of aliphatic hydroxyl groups excluding tert-OH is 1. The van der Waals surface area contributed by atoms with E-state index in [4.69, 9.17) is 10.8 Å². The maximum absolute atomic E-state index is 12.4. The van der Waals surface area contributed by atoms with Crippen LogP contribution in [0.5, 0.6) is 0 Å². The molecule has 0 saturated heterocycles. The van der Waals surface area contributed by atoms with Crippen LogP contribution < -0.4 is 10.6 Å². The van der Waals surface area contributed by atoms with Gasteiger partial charge in [0.1, 0.15) is 0 Å². The number of aliphatic hydroxyl groups is 1. The molecule has 6 heteroatoms. The van der Waals surface area contributed by atoms with Crippen LogP contribution in [0, 0.1) is 0 Å². The Morgan fingerprint density at radius 1 is 1.50 bits per heavy atom. The van der Waals surface area contributed by atoms with E-state index in [1.54, 1.807) is 12.3 Å². The number of alkyl halides is 2. The summed E-state index contributed by atoms with van der Waals surface area (Å²) in [5.41, 5.74) is 6.81. The van der Waals surface area contributed by atoms with Gasteiger partial charge in [-0.05, 0) is 11.6 Å². The van der Waals surface area contributed by atoms with Gasteiger partial charge in [0.2, 0.25) is 0 Å². The predicted octanol–water partition coefficient (Wildman–Crippen LogP) is 0.604. The summed E-state index contributed by atoms with van der Waals surface area (Å²) in [5, 5.41) is 8.84. The molecular weight excluding hydrogens is 216 g/mol. The average Bonchev–Trinajstić information content (AvgIpc) is 2.28. The third kappa shape index (κ3) is 3.39. The minimum Gasteiger partial charge on any atom is -0.395 e. The third-order valence-corrected chi connectivity index (χ3v) is 2.18. The van der Waals surface area contributed by atoms with Crippen molar-refractivity contribution in [3.63, 3.8) is 0 Å². The van der Waals surface area contributed by atoms with Gasteiger partial charge in [-0.15, -0.1) is 0 Å². The van der Waals surface area contributed by atoms with Crippen LogP contribution in [0.4, 0.5) is 14.5 Å². The Bertz CT molecular complexity index is 323. The van der Waals surface area contributed by atoms with E-state index in [0.717, 1.165) is 5.56 Å². The highest BCUT2D eigenvalue weighted by molar-refractivity contribution is 5.51. The molecule has 0 amide bonds. The van der Waals surface area contributed by atoms with Gasteiger partial charge in [0.05, 0.1) is 25.0 Å². The first kappa shape index (κ1) is 12.8. The minimum atomic E-state index is -2.46. The monoisotopic (exact) mass is 231 g/mol. The first-order valence-corrected chi connectivity index (χ1v) is 4.96. The Morgan fingerprint density at radius 2 is 2.25 bits per heavy atom. The second-order valence-corrected chi connectivity index (χ2v) is 3.27. The van der Waals surface area contributed by atoms with E-state index in [-0.39, 0.29) is 19.7 Å². The van der Waals surface area contributed by atoms with E-state index in [9.17, 15) is 8.78 Å². The van der Waals surface area contributed by atoms with Crippen molar-refractivity contribution in [3.05, 3.63) is 24.0 Å². The molecule has 1 rings (SSSR count). The highest BCUT2D eigenvalue weighted by Gasteiger charge is 2.15. The van der Waals surface area contributed by atoms with Gasteiger partial charge in [-0.25, -0.2) is 8.78 Å². The molecule has 1 aromatic rings. The van der Waals surface area contributed by atoms with Gasteiger partial charge in [0, 0.05) is 19.3 Å². The maximum atomic E-state index is 12.4. The molecule has 4 nitrogen and oxygen atoms in total. The van der Waals surface area contributed by atoms with Crippen molar-refractivity contribution in [3.8, 4) is 0 Å². The summed E-state index contributed by atoms with van der Waals surface area (Å²) < 4.78 is 24.7. The molecule has 0 bridgehead atoms. The van der Waals surface area contributed by atoms with Crippen LogP contribution in [0.2, 0.25) is 0 Å². The fourth-order valence-corrected chi connectivity index (χ4v) is 1.47. The predicted molar refractivity (Wildman–Crippen MR) is 57.4 cm³/mol. The van der Waals surface area contributed by atoms with Gasteiger partial charge in [0.15, 0.2) is 0 Å². The second kappa shape index (κ2) is 6.34. The molecule has 0 aliphatic carbocycles. The van der Waals surface area contributed by atoms with Crippen LogP contribution in [0.25, 0.3) is 0 Å². The standard InChI is InChI=1S/C10H15F2N3O/c11-10(12)7-15(3-4-16)9-6-14-2-1-8(9)5-13/h1-2,6,10,16H,3-5,7,13H2. The Hall–Kier alpha value is -1.27. The smallest absolute Gasteiger partial charge is 0.255 e. The fourth-order valence-electron chi connectivity index (χ4n) is 1.47. The first-order chi connectivity index (χ1) is 7.69. The number of nitrogens with zero attached hydrogens (tertiary/aromatic N) is 2. The lowest BCUT2D eigenvalue weighted by Gasteiger charge is -2.25. The zero-order valence-electron chi connectivity index (χ0n) is 8.81. The van der Waals surface area contributed by atoms with Crippen molar-refractivity contribution in [2.45, 2.75) is 13.0 Å². The van der Waals surface area contributed by atoms with Crippen molar-refractivity contribution in [1.29, 1.82) is 0 Å². The number of halogens is 2. The lowest BCUT2D eigenvalue weighted by atomic mass is 10.2. The zero-order chi connectivity index (χ0) is 12.0. The van der Waals surface area contributed by atoms with Crippen molar-refractivity contribution in [2.24, 2.45) is 5.73 Å². The molecule has 1 heterocycles. The molecule has 0 atom stereocenters. The van der Waals surface area contributed by atoms with Gasteiger partial charge < -0.3 is 15.7 Å². The molecule has 0 aliphatic rings. The summed E-state index contributed by atoms with van der Waals surface area (Å²) in [6.45, 7) is -0.225. The quantitative estimate of drug-likeness (QED) is 0.752. The number of rotatable bonds is 6. The van der Waals surface area contributed by atoms with Crippen LogP contribution in [0.1, 0.15) is 5.56 Å². The highest BCUT2D eigenvalue weighted by atomic mass is 19.3. The van der Waals surface area contributed by atoms with Crippen LogP contribution in [-0.2, 0) is 6.54 Å². The van der Waals surface area contributed by atoms with E-state index < -0.39 is 13.0 Å². The summed E-state index contributed by atoms with van der Waals surface area (Å²) in [5.74, 6) is 0. The van der Waals surface area contributed by atoms with Gasteiger partial charge in [-0.3, -0.25) is 4.98 Å². The second-order valence-electron chi connectivity index (χ2n) is 3.27. The zero-order valence-corrected chi connectivity index (χ0v) is 8.81. The molecule has 3 N–H and O–H groups in total. The van der Waals surface area contributed by atoms with Crippen LogP contribution in [0.3, 0.4) is 0 Å². The number of pyridine rings is 1. The van der Waals surface area contributed by atoms with E-state index in [2.05, 4.69) is 4.98 Å². The molecular formula is C10H15F2N3O. The average molecular weight is 231 g/mol. The molecule has 0 fully saturated rings. The van der Waals surface area contributed by atoms with Crippen LogP contribution in [0.15, 0.2) is 18.5 Å². The van der Waals surface area contributed by atoms with Crippen molar-refractivity contribution in [1.82, 2.24) is 4.98 Å². The number of hydrogen-bond acceptors (Lipinski definition) is 4. The SMILES string of the molecule is NCc1ccncc1N(CCO)CC(F)F. The molecule has 0 aromatic carbocycles. The summed E-state index contributed by atoms with van der Waals surface area (Å²) in [7, 11) is 0. The Morgan fingerprint density at radius 3 is 2.81 bits per heavy atom. The molecule has 0 spiro atoms. The summed E-state index contributed by atoms with van der Waals surface area (Å²) >= 11 is 0. The Balaban J connectivity index is 2.90. The molecule has 1 aromatic heterocycles. The summed E-state index contributed by atoms with van der Waals surface area (Å²) in [6.07, 6.45) is 0.586. The van der Waals surface area contributed by atoms with E-state index in [1.165, 1.54) is 11.1 Å². The van der Waals surface area contributed by atoms with Gasteiger partial charge in [-0.1, -0.05) is 0 Å². The fraction of sp³-hybridized carbons (Fsp3) is 0.500.